The Bertz CT molecular complexity index is 819. The second kappa shape index (κ2) is 7.78. The molecule has 0 fully saturated rings. The summed E-state index contributed by atoms with van der Waals surface area (Å²) in [5, 5.41) is 5.87. The van der Waals surface area contributed by atoms with E-state index < -0.39 is 0 Å². The van der Waals surface area contributed by atoms with Crippen molar-refractivity contribution in [1.29, 1.82) is 0 Å². The van der Waals surface area contributed by atoms with Gasteiger partial charge < -0.3 is 5.32 Å². The second-order valence-electron chi connectivity index (χ2n) is 6.11. The summed E-state index contributed by atoms with van der Waals surface area (Å²) in [5.41, 5.74) is 4.78. The third-order valence-electron chi connectivity index (χ3n) is 4.40. The van der Waals surface area contributed by atoms with Crippen LogP contribution in [0.3, 0.4) is 0 Å². The van der Waals surface area contributed by atoms with Gasteiger partial charge in [0.15, 0.2) is 0 Å². The van der Waals surface area contributed by atoms with E-state index in [1.807, 2.05) is 12.1 Å². The first-order valence-corrected chi connectivity index (χ1v) is 8.62. The maximum absolute atomic E-state index is 4.11. The lowest BCUT2D eigenvalue weighted by Gasteiger charge is -2.12. The maximum atomic E-state index is 4.11. The molecule has 0 amide bonds. The van der Waals surface area contributed by atoms with Crippen LogP contribution in [0.1, 0.15) is 30.9 Å². The van der Waals surface area contributed by atoms with E-state index in [1.165, 1.54) is 35.8 Å². The van der Waals surface area contributed by atoms with Crippen molar-refractivity contribution in [2.75, 3.05) is 5.32 Å². The number of aliphatic imine (C=N–C) groups is 1. The first kappa shape index (κ1) is 16.3. The molecule has 2 nitrogen and oxygen atoms in total. The first-order chi connectivity index (χ1) is 11.8. The molecule has 0 saturated carbocycles. The van der Waals surface area contributed by atoms with Gasteiger partial charge in [0.05, 0.1) is 5.69 Å². The van der Waals surface area contributed by atoms with Crippen LogP contribution in [-0.2, 0) is 13.0 Å². The van der Waals surface area contributed by atoms with Crippen LogP contribution in [0.25, 0.3) is 10.8 Å². The monoisotopic (exact) mass is 316 g/mol. The van der Waals surface area contributed by atoms with Gasteiger partial charge in [-0.2, -0.15) is 0 Å². The molecule has 3 aromatic rings. The lowest BCUT2D eigenvalue weighted by Crippen LogP contribution is -2.00. The molecule has 3 aromatic carbocycles. The van der Waals surface area contributed by atoms with Gasteiger partial charge in [0.1, 0.15) is 0 Å². The molecule has 0 atom stereocenters. The number of nitrogens with zero attached hydrogens (tertiary/aromatic N) is 1. The van der Waals surface area contributed by atoms with Gasteiger partial charge in [0.25, 0.3) is 0 Å². The minimum absolute atomic E-state index is 0.818. The molecule has 2 heteroatoms. The lowest BCUT2D eigenvalue weighted by molar-refractivity contribution is 0.794. The molecule has 0 unspecified atom stereocenters. The van der Waals surface area contributed by atoms with E-state index in [0.717, 1.165) is 23.3 Å². The van der Waals surface area contributed by atoms with E-state index in [0.29, 0.717) is 0 Å². The zero-order valence-corrected chi connectivity index (χ0v) is 14.3. The Morgan fingerprint density at radius 1 is 0.875 bits per heavy atom. The molecule has 0 radical (unpaired) electrons. The van der Waals surface area contributed by atoms with Gasteiger partial charge >= 0.3 is 0 Å². The number of hydrogen-bond donors (Lipinski definition) is 1. The van der Waals surface area contributed by atoms with E-state index in [9.17, 15) is 0 Å². The zero-order chi connectivity index (χ0) is 16.8. The number of hydrogen-bond acceptors (Lipinski definition) is 2. The maximum Gasteiger partial charge on any atom is 0.0702 e. The van der Waals surface area contributed by atoms with Crippen molar-refractivity contribution in [3.63, 3.8) is 0 Å². The van der Waals surface area contributed by atoms with Crippen molar-refractivity contribution in [3.05, 3.63) is 71.8 Å². The van der Waals surface area contributed by atoms with E-state index in [2.05, 4.69) is 72.5 Å². The number of fused-ring (bicyclic) bond motifs is 1. The smallest absolute Gasteiger partial charge is 0.0702 e. The number of benzene rings is 3. The van der Waals surface area contributed by atoms with E-state index in [-0.39, 0.29) is 0 Å². The van der Waals surface area contributed by atoms with Gasteiger partial charge in [-0.3, -0.25) is 4.99 Å². The van der Waals surface area contributed by atoms with Crippen molar-refractivity contribution < 1.29 is 0 Å². The summed E-state index contributed by atoms with van der Waals surface area (Å²) in [5.74, 6) is 0. The summed E-state index contributed by atoms with van der Waals surface area (Å²) >= 11 is 0. The number of nitrogens with one attached hydrogen (secondary N) is 1. The third-order valence-corrected chi connectivity index (χ3v) is 4.40. The molecular weight excluding hydrogens is 292 g/mol. The van der Waals surface area contributed by atoms with Gasteiger partial charge in [-0.15, -0.1) is 0 Å². The average molecular weight is 316 g/mol. The predicted molar refractivity (Wildman–Crippen MR) is 106 cm³/mol. The highest BCUT2D eigenvalue weighted by molar-refractivity contribution is 6.01. The normalized spacial score (nSPS) is 10.7. The van der Waals surface area contributed by atoms with Gasteiger partial charge in [-0.25, -0.2) is 0 Å². The summed E-state index contributed by atoms with van der Waals surface area (Å²) in [7, 11) is 0. The number of unbranched alkanes of at least 4 members (excludes halogenated alkanes) is 1. The van der Waals surface area contributed by atoms with Crippen LogP contribution in [-0.4, -0.2) is 6.72 Å². The standard InChI is InChI=1S/C22H24N2/c1-3-4-7-17-10-12-18(13-11-17)16-24-22-15-14-21(23-2)19-8-5-6-9-20(19)22/h5-6,8-15,24H,2-4,7,16H2,1H3. The Hall–Kier alpha value is -2.61. The molecule has 0 spiro atoms. The SMILES string of the molecule is C=Nc1ccc(NCc2ccc(CCCC)cc2)c2ccccc12. The zero-order valence-electron chi connectivity index (χ0n) is 14.3. The molecule has 3 rings (SSSR count). The fourth-order valence-electron chi connectivity index (χ4n) is 2.98. The molecule has 122 valence electrons. The number of rotatable bonds is 7. The second-order valence-corrected chi connectivity index (χ2v) is 6.11. The van der Waals surface area contributed by atoms with Crippen molar-refractivity contribution in [1.82, 2.24) is 0 Å². The topological polar surface area (TPSA) is 24.4 Å². The molecule has 0 aliphatic heterocycles. The molecule has 1 N–H and O–H groups in total. The highest BCUT2D eigenvalue weighted by Crippen LogP contribution is 2.31. The van der Waals surface area contributed by atoms with Crippen molar-refractivity contribution in [3.8, 4) is 0 Å². The van der Waals surface area contributed by atoms with Crippen molar-refractivity contribution in [2.24, 2.45) is 4.99 Å². The Kier molecular flexibility index (Phi) is 5.27. The first-order valence-electron chi connectivity index (χ1n) is 8.62. The van der Waals surface area contributed by atoms with Gasteiger partial charge in [-0.05, 0) is 42.8 Å². The van der Waals surface area contributed by atoms with Crippen LogP contribution < -0.4 is 5.32 Å². The summed E-state index contributed by atoms with van der Waals surface area (Å²) in [4.78, 5) is 4.11. The molecule has 0 aromatic heterocycles. The van der Waals surface area contributed by atoms with E-state index in [1.54, 1.807) is 0 Å². The summed E-state index contributed by atoms with van der Waals surface area (Å²) in [6, 6.07) is 21.4. The highest BCUT2D eigenvalue weighted by Gasteiger charge is 2.04. The molecule has 0 heterocycles. The Morgan fingerprint density at radius 2 is 1.58 bits per heavy atom. The fourth-order valence-corrected chi connectivity index (χ4v) is 2.98. The molecule has 0 bridgehead atoms. The minimum Gasteiger partial charge on any atom is -0.380 e. The summed E-state index contributed by atoms with van der Waals surface area (Å²) < 4.78 is 0. The quantitative estimate of drug-likeness (QED) is 0.521. The van der Waals surface area contributed by atoms with E-state index >= 15 is 0 Å². The van der Waals surface area contributed by atoms with Crippen LogP contribution in [0.4, 0.5) is 11.4 Å². The van der Waals surface area contributed by atoms with Crippen LogP contribution in [0.5, 0.6) is 0 Å². The van der Waals surface area contributed by atoms with Crippen LogP contribution >= 0.6 is 0 Å². The average Bonchev–Trinajstić information content (AvgIpc) is 2.65. The molecule has 0 aliphatic rings. The third kappa shape index (κ3) is 3.65. The molecule has 0 saturated heterocycles. The number of aryl methyl sites for hydroxylation is 1. The molecule has 0 aliphatic carbocycles. The lowest BCUT2D eigenvalue weighted by atomic mass is 10.1. The van der Waals surface area contributed by atoms with Crippen LogP contribution in [0.15, 0.2) is 65.7 Å². The van der Waals surface area contributed by atoms with Crippen LogP contribution in [0.2, 0.25) is 0 Å². The summed E-state index contributed by atoms with van der Waals surface area (Å²) in [6.45, 7) is 6.71. The van der Waals surface area contributed by atoms with Gasteiger partial charge in [0.2, 0.25) is 0 Å². The van der Waals surface area contributed by atoms with Crippen molar-refractivity contribution in [2.45, 2.75) is 32.7 Å². The Balaban J connectivity index is 1.75. The van der Waals surface area contributed by atoms with Gasteiger partial charge in [0, 0.05) is 23.0 Å². The molecule has 24 heavy (non-hydrogen) atoms. The van der Waals surface area contributed by atoms with Crippen LogP contribution in [0, 0.1) is 0 Å². The highest BCUT2D eigenvalue weighted by atomic mass is 14.9. The minimum atomic E-state index is 0.818. The van der Waals surface area contributed by atoms with Crippen molar-refractivity contribution >= 4 is 28.9 Å². The van der Waals surface area contributed by atoms with E-state index in [4.69, 9.17) is 0 Å². The molecular formula is C22H24N2. The predicted octanol–water partition coefficient (Wildman–Crippen LogP) is 6.13. The van der Waals surface area contributed by atoms with Gasteiger partial charge in [-0.1, -0.05) is 61.9 Å². The fraction of sp³-hybridized carbons (Fsp3) is 0.227. The summed E-state index contributed by atoms with van der Waals surface area (Å²) in [6.07, 6.45) is 3.67. The largest absolute Gasteiger partial charge is 0.380 e. The Labute approximate surface area is 144 Å². The number of anilines is 1. The Morgan fingerprint density at radius 3 is 2.29 bits per heavy atom.